The Balaban J connectivity index is 1.82. The van der Waals surface area contributed by atoms with Crippen molar-refractivity contribution < 1.29 is 23.5 Å². The summed E-state index contributed by atoms with van der Waals surface area (Å²) in [6.07, 6.45) is 0. The van der Waals surface area contributed by atoms with Crippen LogP contribution in [0, 0.1) is 19.7 Å². The molecule has 1 aliphatic heterocycles. The van der Waals surface area contributed by atoms with Crippen LogP contribution in [0.2, 0.25) is 0 Å². The number of rotatable bonds is 6. The van der Waals surface area contributed by atoms with Gasteiger partial charge in [-0.25, -0.2) is 9.29 Å². The summed E-state index contributed by atoms with van der Waals surface area (Å²) in [7, 11) is 3.04. The van der Waals surface area contributed by atoms with Crippen molar-refractivity contribution in [1.82, 2.24) is 0 Å². The van der Waals surface area contributed by atoms with E-state index in [2.05, 4.69) is 5.32 Å². The van der Waals surface area contributed by atoms with Gasteiger partial charge in [-0.2, -0.15) is 0 Å². The van der Waals surface area contributed by atoms with Gasteiger partial charge in [0, 0.05) is 11.8 Å². The number of amides is 2. The van der Waals surface area contributed by atoms with Crippen LogP contribution in [0.15, 0.2) is 66.4 Å². The first-order valence-electron chi connectivity index (χ1n) is 10.3. The first-order chi connectivity index (χ1) is 15.8. The smallest absolute Gasteiger partial charge is 0.282 e. The summed E-state index contributed by atoms with van der Waals surface area (Å²) in [6, 6.07) is 16.0. The fourth-order valence-corrected chi connectivity index (χ4v) is 3.69. The zero-order valence-corrected chi connectivity index (χ0v) is 18.7. The molecule has 0 saturated carbocycles. The van der Waals surface area contributed by atoms with Crippen LogP contribution in [-0.4, -0.2) is 26.0 Å². The maximum atomic E-state index is 13.6. The zero-order valence-electron chi connectivity index (χ0n) is 18.7. The third kappa shape index (κ3) is 4.05. The standard InChI is InChI=1S/C26H23FN2O4/c1-15-5-11-20(13-16(15)2)29-25(30)23(17-6-8-18(27)9-7-17)24(26(29)31)28-19-10-12-21(32-3)22(14-19)33-4/h5-14,28H,1-4H3. The number of ether oxygens (including phenoxy) is 2. The summed E-state index contributed by atoms with van der Waals surface area (Å²) >= 11 is 0. The number of nitrogens with zero attached hydrogens (tertiary/aromatic N) is 1. The lowest BCUT2D eigenvalue weighted by Gasteiger charge is -2.17. The number of hydrogen-bond acceptors (Lipinski definition) is 5. The van der Waals surface area contributed by atoms with Gasteiger partial charge in [0.25, 0.3) is 11.8 Å². The van der Waals surface area contributed by atoms with Crippen LogP contribution in [0.4, 0.5) is 15.8 Å². The first kappa shape index (κ1) is 22.1. The Labute approximate surface area is 191 Å². The van der Waals surface area contributed by atoms with Gasteiger partial charge in [0.2, 0.25) is 0 Å². The summed E-state index contributed by atoms with van der Waals surface area (Å²) in [5.41, 5.74) is 3.70. The lowest BCUT2D eigenvalue weighted by molar-refractivity contribution is -0.120. The molecule has 3 aromatic carbocycles. The number of methoxy groups -OCH3 is 2. The van der Waals surface area contributed by atoms with E-state index in [1.807, 2.05) is 19.9 Å². The maximum Gasteiger partial charge on any atom is 0.282 e. The van der Waals surface area contributed by atoms with Crippen LogP contribution in [0.25, 0.3) is 5.57 Å². The molecule has 4 rings (SSSR count). The van der Waals surface area contributed by atoms with Gasteiger partial charge in [-0.3, -0.25) is 9.59 Å². The Bertz CT molecular complexity index is 1280. The summed E-state index contributed by atoms with van der Waals surface area (Å²) in [6.45, 7) is 3.87. The third-order valence-corrected chi connectivity index (χ3v) is 5.62. The van der Waals surface area contributed by atoms with Gasteiger partial charge in [-0.05, 0) is 66.9 Å². The van der Waals surface area contributed by atoms with E-state index in [9.17, 15) is 14.0 Å². The van der Waals surface area contributed by atoms with E-state index in [0.29, 0.717) is 28.4 Å². The van der Waals surface area contributed by atoms with Crippen molar-refractivity contribution in [3.63, 3.8) is 0 Å². The summed E-state index contributed by atoms with van der Waals surface area (Å²) < 4.78 is 24.2. The van der Waals surface area contributed by atoms with Crippen molar-refractivity contribution in [2.75, 3.05) is 24.4 Å². The normalized spacial score (nSPS) is 13.5. The molecular formula is C26H23FN2O4. The van der Waals surface area contributed by atoms with Gasteiger partial charge < -0.3 is 14.8 Å². The second-order valence-electron chi connectivity index (χ2n) is 7.67. The lowest BCUT2D eigenvalue weighted by atomic mass is 10.0. The van der Waals surface area contributed by atoms with Gasteiger partial charge in [-0.15, -0.1) is 0 Å². The Kier molecular flexibility index (Phi) is 5.87. The van der Waals surface area contributed by atoms with Crippen molar-refractivity contribution in [1.29, 1.82) is 0 Å². The number of imide groups is 1. The fraction of sp³-hybridized carbons (Fsp3) is 0.154. The predicted molar refractivity (Wildman–Crippen MR) is 125 cm³/mol. The molecule has 0 aromatic heterocycles. The highest BCUT2D eigenvalue weighted by Gasteiger charge is 2.40. The molecule has 0 spiro atoms. The largest absolute Gasteiger partial charge is 0.493 e. The molecular weight excluding hydrogens is 423 g/mol. The molecule has 1 N–H and O–H groups in total. The highest BCUT2D eigenvalue weighted by atomic mass is 19.1. The SMILES string of the molecule is COc1ccc(NC2=C(c3ccc(F)cc3)C(=O)N(c3ccc(C)c(C)c3)C2=O)cc1OC. The Morgan fingerprint density at radius 2 is 1.48 bits per heavy atom. The minimum Gasteiger partial charge on any atom is -0.493 e. The highest BCUT2D eigenvalue weighted by molar-refractivity contribution is 6.46. The number of nitrogens with one attached hydrogen (secondary N) is 1. The molecule has 0 unspecified atom stereocenters. The summed E-state index contributed by atoms with van der Waals surface area (Å²) in [4.78, 5) is 28.1. The monoisotopic (exact) mass is 446 g/mol. The van der Waals surface area contributed by atoms with Crippen LogP contribution in [-0.2, 0) is 9.59 Å². The van der Waals surface area contributed by atoms with E-state index in [-0.39, 0.29) is 11.3 Å². The molecule has 0 fully saturated rings. The predicted octanol–water partition coefficient (Wildman–Crippen LogP) is 4.86. The molecule has 0 aliphatic carbocycles. The van der Waals surface area contributed by atoms with E-state index in [1.165, 1.54) is 38.5 Å². The highest BCUT2D eigenvalue weighted by Crippen LogP contribution is 2.36. The molecule has 0 saturated heterocycles. The van der Waals surface area contributed by atoms with E-state index < -0.39 is 17.6 Å². The van der Waals surface area contributed by atoms with Crippen molar-refractivity contribution in [2.24, 2.45) is 0 Å². The second-order valence-corrected chi connectivity index (χ2v) is 7.67. The van der Waals surface area contributed by atoms with Gasteiger partial charge in [-0.1, -0.05) is 18.2 Å². The number of benzene rings is 3. The van der Waals surface area contributed by atoms with Crippen LogP contribution in [0.3, 0.4) is 0 Å². The van der Waals surface area contributed by atoms with Crippen molar-refractivity contribution in [3.05, 3.63) is 88.9 Å². The van der Waals surface area contributed by atoms with Crippen LogP contribution in [0.5, 0.6) is 11.5 Å². The molecule has 6 nitrogen and oxygen atoms in total. The summed E-state index contributed by atoms with van der Waals surface area (Å²) in [5.74, 6) is -0.428. The molecule has 0 bridgehead atoms. The van der Waals surface area contributed by atoms with Gasteiger partial charge in [0.15, 0.2) is 11.5 Å². The number of hydrogen-bond donors (Lipinski definition) is 1. The molecule has 33 heavy (non-hydrogen) atoms. The summed E-state index contributed by atoms with van der Waals surface area (Å²) in [5, 5.41) is 3.07. The number of aryl methyl sites for hydroxylation is 2. The topological polar surface area (TPSA) is 67.9 Å². The van der Waals surface area contributed by atoms with Gasteiger partial charge >= 0.3 is 0 Å². The van der Waals surface area contributed by atoms with Crippen molar-refractivity contribution in [2.45, 2.75) is 13.8 Å². The Hall–Kier alpha value is -4.13. The average molecular weight is 446 g/mol. The third-order valence-electron chi connectivity index (χ3n) is 5.62. The van der Waals surface area contributed by atoms with Crippen molar-refractivity contribution >= 4 is 28.8 Å². The van der Waals surface area contributed by atoms with Crippen LogP contribution < -0.4 is 19.7 Å². The Morgan fingerprint density at radius 3 is 2.12 bits per heavy atom. The van der Waals surface area contributed by atoms with E-state index in [0.717, 1.165) is 16.0 Å². The number of anilines is 2. The number of halogens is 1. The van der Waals surface area contributed by atoms with Crippen LogP contribution in [0.1, 0.15) is 16.7 Å². The van der Waals surface area contributed by atoms with Crippen LogP contribution >= 0.6 is 0 Å². The first-order valence-corrected chi connectivity index (χ1v) is 10.3. The second kappa shape index (κ2) is 8.78. The van der Waals surface area contributed by atoms with Gasteiger partial charge in [0.1, 0.15) is 11.5 Å². The maximum absolute atomic E-state index is 13.6. The van der Waals surface area contributed by atoms with Gasteiger partial charge in [0.05, 0.1) is 25.5 Å². The lowest BCUT2D eigenvalue weighted by Crippen LogP contribution is -2.32. The van der Waals surface area contributed by atoms with Crippen molar-refractivity contribution in [3.8, 4) is 11.5 Å². The molecule has 7 heteroatoms. The fourth-order valence-electron chi connectivity index (χ4n) is 3.69. The average Bonchev–Trinajstić information content (AvgIpc) is 3.05. The molecule has 1 heterocycles. The molecule has 168 valence electrons. The van der Waals surface area contributed by atoms with E-state index in [4.69, 9.17) is 9.47 Å². The van der Waals surface area contributed by atoms with E-state index in [1.54, 1.807) is 30.3 Å². The number of carbonyl (C=O) groups excluding carboxylic acids is 2. The molecule has 1 aliphatic rings. The number of carbonyl (C=O) groups is 2. The molecule has 0 atom stereocenters. The Morgan fingerprint density at radius 1 is 0.788 bits per heavy atom. The minimum absolute atomic E-state index is 0.0945. The van der Waals surface area contributed by atoms with E-state index >= 15 is 0 Å². The zero-order chi connectivity index (χ0) is 23.7. The minimum atomic E-state index is -0.502. The molecule has 3 aromatic rings. The quantitative estimate of drug-likeness (QED) is 0.548. The molecule has 2 amide bonds. The molecule has 0 radical (unpaired) electrons.